The van der Waals surface area contributed by atoms with Crippen molar-refractivity contribution in [3.63, 3.8) is 0 Å². The summed E-state index contributed by atoms with van der Waals surface area (Å²) in [5.74, 6) is 0. The van der Waals surface area contributed by atoms with Crippen molar-refractivity contribution in [1.82, 2.24) is 0 Å². The quantitative estimate of drug-likeness (QED) is 0.152. The van der Waals surface area contributed by atoms with Crippen LogP contribution in [0.4, 0.5) is 0 Å². The van der Waals surface area contributed by atoms with E-state index >= 15 is 0 Å². The second kappa shape index (κ2) is 13.3. The normalized spacial score (nSPS) is 12.1. The molecule has 0 fully saturated rings. The highest BCUT2D eigenvalue weighted by molar-refractivity contribution is 7.25. The Labute approximate surface area is 368 Å². The van der Waals surface area contributed by atoms with Crippen molar-refractivity contribution in [3.05, 3.63) is 218 Å². The first-order valence-electron chi connectivity index (χ1n) is 21.8. The lowest BCUT2D eigenvalue weighted by Gasteiger charge is -2.17. The van der Waals surface area contributed by atoms with Gasteiger partial charge in [0, 0.05) is 20.2 Å². The molecule has 1 aromatic heterocycles. The van der Waals surface area contributed by atoms with Crippen molar-refractivity contribution in [2.45, 2.75) is 0 Å². The molecule has 14 rings (SSSR count). The molecule has 290 valence electrons. The van der Waals surface area contributed by atoms with E-state index in [1.54, 1.807) is 0 Å². The van der Waals surface area contributed by atoms with Gasteiger partial charge in [-0.1, -0.05) is 182 Å². The van der Waals surface area contributed by atoms with E-state index in [4.69, 9.17) is 0 Å². The number of benzene rings is 13. The summed E-state index contributed by atoms with van der Waals surface area (Å²) in [5.41, 5.74) is 12.4. The van der Waals surface area contributed by atoms with Crippen molar-refractivity contribution in [2.75, 3.05) is 0 Å². The molecule has 13 aromatic carbocycles. The Morgan fingerprint density at radius 2 is 0.587 bits per heavy atom. The Morgan fingerprint density at radius 1 is 0.206 bits per heavy atom. The first kappa shape index (κ1) is 34.8. The highest BCUT2D eigenvalue weighted by Crippen LogP contribution is 2.45. The van der Waals surface area contributed by atoms with Crippen molar-refractivity contribution < 1.29 is 0 Å². The van der Waals surface area contributed by atoms with Crippen molar-refractivity contribution in [3.8, 4) is 55.6 Å². The summed E-state index contributed by atoms with van der Waals surface area (Å²) >= 11 is 1.87. The smallest absolute Gasteiger partial charge is 0.0355 e. The summed E-state index contributed by atoms with van der Waals surface area (Å²) in [7, 11) is 0. The topological polar surface area (TPSA) is 0 Å². The van der Waals surface area contributed by atoms with Gasteiger partial charge in [0.15, 0.2) is 0 Å². The minimum Gasteiger partial charge on any atom is -0.135 e. The second-order valence-corrected chi connectivity index (χ2v) is 18.3. The van der Waals surface area contributed by atoms with E-state index in [0.717, 1.165) is 0 Å². The summed E-state index contributed by atoms with van der Waals surface area (Å²) in [6.45, 7) is 0. The molecule has 1 heterocycles. The molecule has 0 aliphatic carbocycles. The van der Waals surface area contributed by atoms with E-state index in [-0.39, 0.29) is 0 Å². The second-order valence-electron chi connectivity index (χ2n) is 17.2. The van der Waals surface area contributed by atoms with Gasteiger partial charge >= 0.3 is 0 Å². The van der Waals surface area contributed by atoms with E-state index in [2.05, 4.69) is 218 Å². The van der Waals surface area contributed by atoms with Crippen molar-refractivity contribution >= 4 is 96.1 Å². The summed E-state index contributed by atoms with van der Waals surface area (Å²) < 4.78 is 2.67. The lowest BCUT2D eigenvalue weighted by Crippen LogP contribution is -1.90. The molecule has 63 heavy (non-hydrogen) atoms. The Hall–Kier alpha value is -7.84. The number of hydrogen-bond donors (Lipinski definition) is 0. The van der Waals surface area contributed by atoms with Crippen LogP contribution in [0.2, 0.25) is 0 Å². The van der Waals surface area contributed by atoms with Gasteiger partial charge in [-0.15, -0.1) is 11.3 Å². The molecular formula is C62H36S. The number of thiophene rings is 1. The molecule has 0 bridgehead atoms. The molecule has 0 radical (unpaired) electrons. The maximum Gasteiger partial charge on any atom is 0.0355 e. The standard InChI is InChI=1S/C62H36S/c1-2-16-57-52(15-1)56-36-48(25-32-58(56)63-57)51-28-21-41-23-30-54-50(27-20-40-24-31-55(51)62(41)61(40)54)47-14-6-12-45(35-47)43-10-4-9-42(33-43)44-11-5-13-46(34-44)49-26-19-39-18-17-37-7-3-8-38-22-29-53(49)60(39)59(37)38/h1-36H. The molecule has 0 unspecified atom stereocenters. The number of fused-ring (bicyclic) bond motifs is 3. The third-order valence-electron chi connectivity index (χ3n) is 13.8. The molecule has 0 N–H and O–H groups in total. The van der Waals surface area contributed by atoms with Crippen LogP contribution in [0.1, 0.15) is 0 Å². The predicted molar refractivity (Wildman–Crippen MR) is 274 cm³/mol. The lowest BCUT2D eigenvalue weighted by atomic mass is 9.86. The van der Waals surface area contributed by atoms with Crippen LogP contribution in [0, 0.1) is 0 Å². The largest absolute Gasteiger partial charge is 0.135 e. The van der Waals surface area contributed by atoms with E-state index in [1.165, 1.54) is 140 Å². The van der Waals surface area contributed by atoms with Crippen LogP contribution in [0.3, 0.4) is 0 Å². The summed E-state index contributed by atoms with van der Waals surface area (Å²) in [6, 6.07) is 81.9. The fraction of sp³-hybridized carbons (Fsp3) is 0. The summed E-state index contributed by atoms with van der Waals surface area (Å²) in [6.07, 6.45) is 0. The number of rotatable bonds is 5. The monoisotopic (exact) mass is 812 g/mol. The molecule has 0 saturated heterocycles. The third-order valence-corrected chi connectivity index (χ3v) is 14.9. The average molecular weight is 813 g/mol. The zero-order valence-electron chi connectivity index (χ0n) is 34.2. The molecule has 0 saturated carbocycles. The zero-order valence-corrected chi connectivity index (χ0v) is 35.0. The van der Waals surface area contributed by atoms with Crippen LogP contribution < -0.4 is 0 Å². The van der Waals surface area contributed by atoms with Crippen LogP contribution in [-0.2, 0) is 0 Å². The summed E-state index contributed by atoms with van der Waals surface area (Å²) in [5, 5.41) is 18.4. The van der Waals surface area contributed by atoms with E-state index in [0.29, 0.717) is 0 Å². The first-order chi connectivity index (χ1) is 31.2. The third kappa shape index (κ3) is 5.27. The van der Waals surface area contributed by atoms with Gasteiger partial charge in [-0.2, -0.15) is 0 Å². The first-order valence-corrected chi connectivity index (χ1v) is 22.6. The summed E-state index contributed by atoms with van der Waals surface area (Å²) in [4.78, 5) is 0. The molecule has 14 aromatic rings. The molecule has 0 aliphatic heterocycles. The predicted octanol–water partition coefficient (Wildman–Crippen LogP) is 18.2. The molecule has 0 aliphatic rings. The van der Waals surface area contributed by atoms with Gasteiger partial charge in [-0.3, -0.25) is 0 Å². The maximum absolute atomic E-state index is 2.40. The molecule has 0 atom stereocenters. The van der Waals surface area contributed by atoms with Crippen LogP contribution >= 0.6 is 11.3 Å². The Bertz CT molecular complexity index is 4130. The van der Waals surface area contributed by atoms with Gasteiger partial charge < -0.3 is 0 Å². The maximum atomic E-state index is 2.40. The van der Waals surface area contributed by atoms with E-state index < -0.39 is 0 Å². The Balaban J connectivity index is 0.848. The highest BCUT2D eigenvalue weighted by atomic mass is 32.1. The average Bonchev–Trinajstić information content (AvgIpc) is 3.73. The van der Waals surface area contributed by atoms with E-state index in [9.17, 15) is 0 Å². The zero-order chi connectivity index (χ0) is 41.2. The lowest BCUT2D eigenvalue weighted by molar-refractivity contribution is 1.58. The van der Waals surface area contributed by atoms with E-state index in [1.807, 2.05) is 11.3 Å². The Morgan fingerprint density at radius 3 is 1.13 bits per heavy atom. The minimum absolute atomic E-state index is 1.21. The molecule has 0 spiro atoms. The van der Waals surface area contributed by atoms with Crippen molar-refractivity contribution in [2.24, 2.45) is 0 Å². The Kier molecular flexibility index (Phi) is 7.37. The molecule has 1 heteroatoms. The number of hydrogen-bond acceptors (Lipinski definition) is 1. The minimum atomic E-state index is 1.21. The van der Waals surface area contributed by atoms with Gasteiger partial charge in [0.2, 0.25) is 0 Å². The van der Waals surface area contributed by atoms with Gasteiger partial charge in [-0.05, 0) is 157 Å². The van der Waals surface area contributed by atoms with Gasteiger partial charge in [-0.25, -0.2) is 0 Å². The van der Waals surface area contributed by atoms with Crippen molar-refractivity contribution in [1.29, 1.82) is 0 Å². The molecule has 0 amide bonds. The fourth-order valence-corrected chi connectivity index (χ4v) is 11.9. The van der Waals surface area contributed by atoms with Gasteiger partial charge in [0.05, 0.1) is 0 Å². The fourth-order valence-electron chi connectivity index (χ4n) is 10.8. The van der Waals surface area contributed by atoms with Crippen LogP contribution in [0.25, 0.3) is 140 Å². The van der Waals surface area contributed by atoms with Gasteiger partial charge in [0.1, 0.15) is 0 Å². The van der Waals surface area contributed by atoms with Crippen LogP contribution in [-0.4, -0.2) is 0 Å². The van der Waals surface area contributed by atoms with Crippen LogP contribution in [0.15, 0.2) is 218 Å². The molecule has 0 nitrogen and oxygen atoms in total. The van der Waals surface area contributed by atoms with Crippen LogP contribution in [0.5, 0.6) is 0 Å². The highest BCUT2D eigenvalue weighted by Gasteiger charge is 2.17. The SMILES string of the molecule is c1cc(-c2cccc(-c3ccc4ccc5cccc6ccc3c4c56)c2)cc(-c2cccc(-c3ccc4ccc5c(-c6ccc7sc8ccccc8c7c6)ccc6ccc3c4c65)c2)c1. The molecular weight excluding hydrogens is 777 g/mol. The van der Waals surface area contributed by atoms with Gasteiger partial charge in [0.25, 0.3) is 0 Å².